The summed E-state index contributed by atoms with van der Waals surface area (Å²) in [6.07, 6.45) is 0.666. The highest BCUT2D eigenvalue weighted by Gasteiger charge is 1.98. The van der Waals surface area contributed by atoms with Crippen LogP contribution in [0.15, 0.2) is 22.7 Å². The zero-order valence-electron chi connectivity index (χ0n) is 6.79. The van der Waals surface area contributed by atoms with Crippen molar-refractivity contribution >= 4 is 28.1 Å². The van der Waals surface area contributed by atoms with Gasteiger partial charge in [-0.15, -0.1) is 11.3 Å². The number of rotatable bonds is 4. The molecule has 0 bridgehead atoms. The van der Waals surface area contributed by atoms with Crippen molar-refractivity contribution in [3.8, 4) is 0 Å². The zero-order valence-corrected chi connectivity index (χ0v) is 8.36. The summed E-state index contributed by atoms with van der Waals surface area (Å²) in [5.41, 5.74) is 0. The summed E-state index contributed by atoms with van der Waals surface area (Å²) in [6.45, 7) is 2.43. The fraction of sp³-hybridized carbons (Fsp3) is 0.375. The second-order valence-electron chi connectivity index (χ2n) is 2.14. The molecule has 4 heteroatoms. The van der Waals surface area contributed by atoms with Crippen LogP contribution in [0.25, 0.3) is 0 Å². The molecule has 0 saturated heterocycles. The molecule has 0 spiro atoms. The Hall–Kier alpha value is -0.540. The van der Waals surface area contributed by atoms with E-state index in [1.807, 2.05) is 24.4 Å². The van der Waals surface area contributed by atoms with Crippen molar-refractivity contribution in [1.29, 1.82) is 0 Å². The van der Waals surface area contributed by atoms with Crippen molar-refractivity contribution in [2.24, 2.45) is 5.16 Å². The number of oxime groups is 1. The first-order valence-electron chi connectivity index (χ1n) is 3.69. The number of hydrogen-bond acceptors (Lipinski definition) is 3. The fourth-order valence-corrected chi connectivity index (χ4v) is 1.70. The Morgan fingerprint density at radius 2 is 2.58 bits per heavy atom. The van der Waals surface area contributed by atoms with Crippen LogP contribution in [-0.4, -0.2) is 11.8 Å². The molecular weight excluding hydrogens is 194 g/mol. The van der Waals surface area contributed by atoms with Gasteiger partial charge in [-0.2, -0.15) is 0 Å². The second kappa shape index (κ2) is 5.17. The lowest BCUT2D eigenvalue weighted by molar-refractivity contribution is 0.159. The first-order chi connectivity index (χ1) is 5.83. The van der Waals surface area contributed by atoms with E-state index in [-0.39, 0.29) is 0 Å². The van der Waals surface area contributed by atoms with E-state index in [1.54, 1.807) is 11.3 Å². The first-order valence-corrected chi connectivity index (χ1v) is 4.95. The molecule has 0 aliphatic rings. The van der Waals surface area contributed by atoms with E-state index in [2.05, 4.69) is 5.16 Å². The highest BCUT2D eigenvalue weighted by atomic mass is 35.5. The van der Waals surface area contributed by atoms with Gasteiger partial charge in [0.2, 0.25) is 0 Å². The highest BCUT2D eigenvalue weighted by molar-refractivity contribution is 7.10. The maximum Gasteiger partial charge on any atom is 0.150 e. The van der Waals surface area contributed by atoms with Gasteiger partial charge in [0.25, 0.3) is 0 Å². The van der Waals surface area contributed by atoms with Crippen LogP contribution >= 0.6 is 22.9 Å². The van der Waals surface area contributed by atoms with E-state index in [0.717, 1.165) is 0 Å². The molecule has 0 fully saturated rings. The predicted molar refractivity (Wildman–Crippen MR) is 52.9 cm³/mol. The molecule has 2 nitrogen and oxygen atoms in total. The van der Waals surface area contributed by atoms with Gasteiger partial charge < -0.3 is 4.84 Å². The molecule has 0 aliphatic carbocycles. The minimum Gasteiger partial charge on any atom is -0.395 e. The molecule has 0 unspecified atom stereocenters. The number of hydrogen-bond donors (Lipinski definition) is 0. The van der Waals surface area contributed by atoms with E-state index in [9.17, 15) is 0 Å². The van der Waals surface area contributed by atoms with Crippen LogP contribution in [0.3, 0.4) is 0 Å². The standard InChI is InChI=1S/C8H10ClNOS/c1-2-11-10-8(9)6-7-4-3-5-12-7/h3-5H,2,6H2,1H3. The van der Waals surface area contributed by atoms with Crippen LogP contribution in [0.2, 0.25) is 0 Å². The van der Waals surface area contributed by atoms with Crippen LogP contribution in [0.1, 0.15) is 11.8 Å². The van der Waals surface area contributed by atoms with Crippen molar-refractivity contribution in [2.75, 3.05) is 6.61 Å². The van der Waals surface area contributed by atoms with E-state index in [1.165, 1.54) is 4.88 Å². The van der Waals surface area contributed by atoms with Crippen molar-refractivity contribution in [1.82, 2.24) is 0 Å². The summed E-state index contributed by atoms with van der Waals surface area (Å²) in [5.74, 6) is 0. The van der Waals surface area contributed by atoms with Crippen molar-refractivity contribution in [3.63, 3.8) is 0 Å². The molecule has 1 aromatic rings. The third-order valence-electron chi connectivity index (χ3n) is 1.19. The van der Waals surface area contributed by atoms with Crippen molar-refractivity contribution in [2.45, 2.75) is 13.3 Å². The molecule has 0 saturated carbocycles. The van der Waals surface area contributed by atoms with Gasteiger partial charge in [0.1, 0.15) is 6.61 Å². The SMILES string of the molecule is CCON=C(Cl)Cc1cccs1. The third-order valence-corrected chi connectivity index (χ3v) is 2.27. The zero-order chi connectivity index (χ0) is 8.81. The van der Waals surface area contributed by atoms with Gasteiger partial charge in [-0.25, -0.2) is 0 Å². The van der Waals surface area contributed by atoms with Gasteiger partial charge in [0, 0.05) is 11.3 Å². The number of halogens is 1. The van der Waals surface area contributed by atoms with Gasteiger partial charge in [-0.05, 0) is 18.4 Å². The van der Waals surface area contributed by atoms with E-state index < -0.39 is 0 Å². The summed E-state index contributed by atoms with van der Waals surface area (Å²) in [5, 5.41) is 6.22. The summed E-state index contributed by atoms with van der Waals surface area (Å²) < 4.78 is 0. The van der Waals surface area contributed by atoms with Crippen molar-refractivity contribution in [3.05, 3.63) is 22.4 Å². The average molecular weight is 204 g/mol. The van der Waals surface area contributed by atoms with Gasteiger partial charge in [0.15, 0.2) is 5.17 Å². The summed E-state index contributed by atoms with van der Waals surface area (Å²) in [4.78, 5) is 6.00. The smallest absolute Gasteiger partial charge is 0.150 e. The lowest BCUT2D eigenvalue weighted by Gasteiger charge is -1.95. The Bertz CT molecular complexity index is 246. The lowest BCUT2D eigenvalue weighted by atomic mass is 10.4. The molecule has 0 N–H and O–H groups in total. The predicted octanol–water partition coefficient (Wildman–Crippen LogP) is 2.88. The number of thiophene rings is 1. The van der Waals surface area contributed by atoms with E-state index >= 15 is 0 Å². The largest absolute Gasteiger partial charge is 0.395 e. The van der Waals surface area contributed by atoms with E-state index in [4.69, 9.17) is 16.4 Å². The molecule has 0 atom stereocenters. The normalized spacial score (nSPS) is 11.7. The topological polar surface area (TPSA) is 21.6 Å². The second-order valence-corrected chi connectivity index (χ2v) is 3.61. The monoisotopic (exact) mass is 203 g/mol. The Kier molecular flexibility index (Phi) is 4.11. The molecule has 1 heterocycles. The molecule has 0 radical (unpaired) electrons. The molecular formula is C8H10ClNOS. The Balaban J connectivity index is 2.41. The van der Waals surface area contributed by atoms with Crippen LogP contribution in [0, 0.1) is 0 Å². The molecule has 66 valence electrons. The van der Waals surface area contributed by atoms with E-state index in [0.29, 0.717) is 18.2 Å². The first kappa shape index (κ1) is 9.55. The minimum atomic E-state index is 0.499. The van der Waals surface area contributed by atoms with Crippen LogP contribution in [0.5, 0.6) is 0 Å². The Morgan fingerprint density at radius 3 is 3.17 bits per heavy atom. The summed E-state index contributed by atoms with van der Waals surface area (Å²) >= 11 is 7.45. The fourth-order valence-electron chi connectivity index (χ4n) is 0.724. The maximum absolute atomic E-state index is 5.78. The van der Waals surface area contributed by atoms with Crippen LogP contribution in [-0.2, 0) is 11.3 Å². The quantitative estimate of drug-likeness (QED) is 0.545. The van der Waals surface area contributed by atoms with Gasteiger partial charge >= 0.3 is 0 Å². The average Bonchev–Trinajstić information content (AvgIpc) is 2.53. The van der Waals surface area contributed by atoms with Gasteiger partial charge in [0.05, 0.1) is 0 Å². The molecule has 0 aromatic carbocycles. The summed E-state index contributed by atoms with van der Waals surface area (Å²) in [7, 11) is 0. The molecule has 0 aliphatic heterocycles. The van der Waals surface area contributed by atoms with Crippen LogP contribution in [0.4, 0.5) is 0 Å². The maximum atomic E-state index is 5.78. The lowest BCUT2D eigenvalue weighted by Crippen LogP contribution is -1.93. The number of nitrogens with zero attached hydrogens (tertiary/aromatic N) is 1. The Morgan fingerprint density at radius 1 is 1.75 bits per heavy atom. The van der Waals surface area contributed by atoms with Crippen molar-refractivity contribution < 1.29 is 4.84 Å². The Labute approximate surface area is 80.8 Å². The molecule has 12 heavy (non-hydrogen) atoms. The highest BCUT2D eigenvalue weighted by Crippen LogP contribution is 2.11. The van der Waals surface area contributed by atoms with Crippen LogP contribution < -0.4 is 0 Å². The summed E-state index contributed by atoms with van der Waals surface area (Å²) in [6, 6.07) is 4.01. The molecule has 0 amide bonds. The van der Waals surface area contributed by atoms with Gasteiger partial charge in [-0.3, -0.25) is 0 Å². The minimum absolute atomic E-state index is 0.499. The third kappa shape index (κ3) is 3.24. The molecule has 1 aromatic heterocycles. The van der Waals surface area contributed by atoms with Gasteiger partial charge in [-0.1, -0.05) is 22.8 Å². The molecule has 1 rings (SSSR count).